The SMILES string of the molecule is CC(=O)Nc1nnc(S(=O)(=O)N2CCN[C@H](C)C2)s1. The van der Waals surface area contributed by atoms with Crippen molar-refractivity contribution < 1.29 is 13.2 Å². The van der Waals surface area contributed by atoms with Gasteiger partial charge in [-0.05, 0) is 6.92 Å². The highest BCUT2D eigenvalue weighted by Gasteiger charge is 2.31. The number of rotatable bonds is 3. The monoisotopic (exact) mass is 305 g/mol. The van der Waals surface area contributed by atoms with Gasteiger partial charge in [0.1, 0.15) is 0 Å². The average molecular weight is 305 g/mol. The van der Waals surface area contributed by atoms with Gasteiger partial charge in [0.05, 0.1) is 0 Å². The minimum Gasteiger partial charge on any atom is -0.312 e. The molecule has 0 bridgehead atoms. The smallest absolute Gasteiger partial charge is 0.272 e. The van der Waals surface area contributed by atoms with Crippen LogP contribution >= 0.6 is 11.3 Å². The zero-order valence-electron chi connectivity index (χ0n) is 10.6. The van der Waals surface area contributed by atoms with E-state index in [1.807, 2.05) is 6.92 Å². The molecule has 2 N–H and O–H groups in total. The number of anilines is 1. The number of hydrogen-bond donors (Lipinski definition) is 2. The van der Waals surface area contributed by atoms with E-state index in [9.17, 15) is 13.2 Å². The fourth-order valence-corrected chi connectivity index (χ4v) is 4.35. The zero-order chi connectivity index (χ0) is 14.0. The molecule has 1 saturated heterocycles. The molecule has 0 aliphatic carbocycles. The fourth-order valence-electron chi connectivity index (χ4n) is 1.74. The van der Waals surface area contributed by atoms with Gasteiger partial charge in [0.15, 0.2) is 0 Å². The van der Waals surface area contributed by atoms with Crippen molar-refractivity contribution in [3.8, 4) is 0 Å². The van der Waals surface area contributed by atoms with Gasteiger partial charge in [-0.25, -0.2) is 8.42 Å². The second-order valence-corrected chi connectivity index (χ2v) is 7.36. The van der Waals surface area contributed by atoms with Gasteiger partial charge in [0.2, 0.25) is 15.4 Å². The fraction of sp³-hybridized carbons (Fsp3) is 0.667. The highest BCUT2D eigenvalue weighted by molar-refractivity contribution is 7.91. The Labute approximate surface area is 115 Å². The standard InChI is InChI=1S/C9H15N5O3S2/c1-6-5-14(4-3-10-6)19(16,17)9-13-12-8(18-9)11-7(2)15/h6,10H,3-5H2,1-2H3,(H,11,12,15)/t6-/m1/s1. The number of amides is 1. The molecule has 0 radical (unpaired) electrons. The number of piperazine rings is 1. The lowest BCUT2D eigenvalue weighted by atomic mass is 10.3. The second-order valence-electron chi connectivity index (χ2n) is 4.27. The minimum atomic E-state index is -3.62. The Morgan fingerprint density at radius 2 is 2.26 bits per heavy atom. The number of nitrogens with zero attached hydrogens (tertiary/aromatic N) is 3. The van der Waals surface area contributed by atoms with Crippen LogP contribution in [-0.4, -0.2) is 54.5 Å². The summed E-state index contributed by atoms with van der Waals surface area (Å²) in [7, 11) is -3.62. The van der Waals surface area contributed by atoms with Gasteiger partial charge in [-0.2, -0.15) is 4.31 Å². The molecule has 19 heavy (non-hydrogen) atoms. The first-order valence-corrected chi connectivity index (χ1v) is 8.00. The molecule has 1 aromatic rings. The lowest BCUT2D eigenvalue weighted by Gasteiger charge is -2.29. The van der Waals surface area contributed by atoms with Crippen LogP contribution in [0.5, 0.6) is 0 Å². The molecule has 106 valence electrons. The Morgan fingerprint density at radius 3 is 2.89 bits per heavy atom. The molecule has 1 aliphatic rings. The molecule has 0 spiro atoms. The third-order valence-corrected chi connectivity index (χ3v) is 5.63. The molecule has 8 nitrogen and oxygen atoms in total. The van der Waals surface area contributed by atoms with Gasteiger partial charge in [-0.15, -0.1) is 10.2 Å². The van der Waals surface area contributed by atoms with Crippen LogP contribution in [-0.2, 0) is 14.8 Å². The summed E-state index contributed by atoms with van der Waals surface area (Å²) in [4.78, 5) is 10.9. The van der Waals surface area contributed by atoms with Crippen molar-refractivity contribution in [3.63, 3.8) is 0 Å². The van der Waals surface area contributed by atoms with E-state index in [4.69, 9.17) is 0 Å². The molecule has 2 rings (SSSR count). The highest BCUT2D eigenvalue weighted by Crippen LogP contribution is 2.23. The van der Waals surface area contributed by atoms with Crippen LogP contribution in [0, 0.1) is 0 Å². The molecule has 0 saturated carbocycles. The van der Waals surface area contributed by atoms with Gasteiger partial charge >= 0.3 is 0 Å². The Balaban J connectivity index is 2.19. The first kappa shape index (κ1) is 14.3. The van der Waals surface area contributed by atoms with Crippen LogP contribution in [0.3, 0.4) is 0 Å². The number of carbonyl (C=O) groups excluding carboxylic acids is 1. The maximum absolute atomic E-state index is 12.3. The minimum absolute atomic E-state index is 0.0923. The summed E-state index contributed by atoms with van der Waals surface area (Å²) in [5, 5.41) is 13.1. The van der Waals surface area contributed by atoms with Crippen molar-refractivity contribution in [1.82, 2.24) is 19.8 Å². The lowest BCUT2D eigenvalue weighted by molar-refractivity contribution is -0.114. The summed E-state index contributed by atoms with van der Waals surface area (Å²) in [6.45, 7) is 4.66. The molecule has 1 fully saturated rings. The molecule has 10 heteroatoms. The van der Waals surface area contributed by atoms with E-state index in [1.54, 1.807) is 0 Å². The zero-order valence-corrected chi connectivity index (χ0v) is 12.2. The third kappa shape index (κ3) is 3.26. The quantitative estimate of drug-likeness (QED) is 0.728. The predicted molar refractivity (Wildman–Crippen MR) is 70.4 cm³/mol. The summed E-state index contributed by atoms with van der Waals surface area (Å²) in [6, 6.07) is 0.103. The normalized spacial score (nSPS) is 21.3. The van der Waals surface area contributed by atoms with Crippen LogP contribution in [0.15, 0.2) is 4.34 Å². The molecule has 2 heterocycles. The van der Waals surface area contributed by atoms with E-state index in [0.29, 0.717) is 19.6 Å². The van der Waals surface area contributed by atoms with E-state index in [2.05, 4.69) is 20.8 Å². The topological polar surface area (TPSA) is 104 Å². The largest absolute Gasteiger partial charge is 0.312 e. The molecule has 1 aromatic heterocycles. The first-order valence-electron chi connectivity index (χ1n) is 5.74. The van der Waals surface area contributed by atoms with Crippen molar-refractivity contribution in [2.75, 3.05) is 25.0 Å². The Kier molecular flexibility index (Phi) is 4.13. The van der Waals surface area contributed by atoms with Crippen molar-refractivity contribution >= 4 is 32.4 Å². The van der Waals surface area contributed by atoms with Gasteiger partial charge in [0, 0.05) is 32.6 Å². The molecular weight excluding hydrogens is 290 g/mol. The van der Waals surface area contributed by atoms with Crippen LogP contribution in [0.25, 0.3) is 0 Å². The average Bonchev–Trinajstić information content (AvgIpc) is 2.77. The molecular formula is C9H15N5O3S2. The van der Waals surface area contributed by atoms with Gasteiger partial charge in [-0.3, -0.25) is 4.79 Å². The molecule has 1 aliphatic heterocycles. The maximum Gasteiger partial charge on any atom is 0.272 e. The van der Waals surface area contributed by atoms with Crippen molar-refractivity contribution in [2.45, 2.75) is 24.2 Å². The number of hydrogen-bond acceptors (Lipinski definition) is 7. The first-order chi connectivity index (χ1) is 8.89. The Morgan fingerprint density at radius 1 is 1.53 bits per heavy atom. The second kappa shape index (κ2) is 5.49. The molecule has 0 unspecified atom stereocenters. The predicted octanol–water partition coefficient (Wildman–Crippen LogP) is -0.521. The molecule has 1 amide bonds. The van der Waals surface area contributed by atoms with E-state index in [1.165, 1.54) is 11.2 Å². The summed E-state index contributed by atoms with van der Waals surface area (Å²) >= 11 is 0.859. The summed E-state index contributed by atoms with van der Waals surface area (Å²) in [6.07, 6.45) is 0. The van der Waals surface area contributed by atoms with E-state index in [-0.39, 0.29) is 21.4 Å². The van der Waals surface area contributed by atoms with Crippen molar-refractivity contribution in [3.05, 3.63) is 0 Å². The molecule has 0 aromatic carbocycles. The van der Waals surface area contributed by atoms with E-state index < -0.39 is 10.0 Å². The van der Waals surface area contributed by atoms with E-state index >= 15 is 0 Å². The maximum atomic E-state index is 12.3. The van der Waals surface area contributed by atoms with Crippen LogP contribution in [0.1, 0.15) is 13.8 Å². The van der Waals surface area contributed by atoms with Gasteiger partial charge in [-0.1, -0.05) is 11.3 Å². The van der Waals surface area contributed by atoms with Gasteiger partial charge in [0.25, 0.3) is 10.0 Å². The third-order valence-electron chi connectivity index (χ3n) is 2.58. The van der Waals surface area contributed by atoms with Crippen LogP contribution in [0.2, 0.25) is 0 Å². The van der Waals surface area contributed by atoms with Crippen molar-refractivity contribution in [2.24, 2.45) is 0 Å². The number of sulfonamides is 1. The summed E-state index contributed by atoms with van der Waals surface area (Å²) in [5.74, 6) is -0.309. The summed E-state index contributed by atoms with van der Waals surface area (Å²) in [5.41, 5.74) is 0. The van der Waals surface area contributed by atoms with Crippen molar-refractivity contribution in [1.29, 1.82) is 0 Å². The lowest BCUT2D eigenvalue weighted by Crippen LogP contribution is -2.51. The van der Waals surface area contributed by atoms with Crippen LogP contribution in [0.4, 0.5) is 5.13 Å². The number of aromatic nitrogens is 2. The highest BCUT2D eigenvalue weighted by atomic mass is 32.2. The summed E-state index contributed by atoms with van der Waals surface area (Å²) < 4.78 is 25.9. The molecule has 1 atom stereocenters. The Hall–Kier alpha value is -1.10. The van der Waals surface area contributed by atoms with Crippen LogP contribution < -0.4 is 10.6 Å². The Bertz CT molecular complexity index is 570. The number of nitrogens with one attached hydrogen (secondary N) is 2. The van der Waals surface area contributed by atoms with Gasteiger partial charge < -0.3 is 10.6 Å². The van der Waals surface area contributed by atoms with E-state index in [0.717, 1.165) is 11.3 Å². The number of carbonyl (C=O) groups is 1.